The van der Waals surface area contributed by atoms with Crippen LogP contribution in [-0.4, -0.2) is 5.91 Å². The van der Waals surface area contributed by atoms with E-state index in [-0.39, 0.29) is 11.8 Å². The molecule has 0 spiro atoms. The van der Waals surface area contributed by atoms with Crippen LogP contribution in [0.5, 0.6) is 0 Å². The van der Waals surface area contributed by atoms with Gasteiger partial charge in [0.1, 0.15) is 0 Å². The molecule has 0 amide bonds. The predicted octanol–water partition coefficient (Wildman–Crippen LogP) is 2.19. The first-order valence-corrected chi connectivity index (χ1v) is 5.38. The standard InChI is InChI=1S/C12H16NO/c14-12(11-7-3-1-4-8-11)13-9-5-2-6-10-13/h2,5-6,9-11H,1,3-4,7-8H2/q+1. The van der Waals surface area contributed by atoms with E-state index in [0.29, 0.717) is 0 Å². The number of pyridine rings is 1. The molecule has 2 rings (SSSR count). The highest BCUT2D eigenvalue weighted by Gasteiger charge is 2.28. The minimum atomic E-state index is 0.260. The highest BCUT2D eigenvalue weighted by Crippen LogP contribution is 2.23. The van der Waals surface area contributed by atoms with Crippen molar-refractivity contribution in [2.75, 3.05) is 0 Å². The van der Waals surface area contributed by atoms with Crippen molar-refractivity contribution < 1.29 is 9.36 Å². The van der Waals surface area contributed by atoms with Crippen LogP contribution in [0.4, 0.5) is 0 Å². The minimum absolute atomic E-state index is 0.260. The highest BCUT2D eigenvalue weighted by molar-refractivity contribution is 5.69. The Kier molecular flexibility index (Phi) is 2.92. The fraction of sp³-hybridized carbons (Fsp3) is 0.500. The highest BCUT2D eigenvalue weighted by atomic mass is 16.2. The monoisotopic (exact) mass is 190 g/mol. The van der Waals surface area contributed by atoms with Gasteiger partial charge in [-0.25, -0.2) is 4.79 Å². The average molecular weight is 190 g/mol. The fourth-order valence-electron chi connectivity index (χ4n) is 2.11. The molecule has 1 aliphatic rings. The van der Waals surface area contributed by atoms with Gasteiger partial charge in [-0.3, -0.25) is 0 Å². The van der Waals surface area contributed by atoms with Crippen LogP contribution < -0.4 is 4.57 Å². The summed E-state index contributed by atoms with van der Waals surface area (Å²) in [4.78, 5) is 12.0. The third kappa shape index (κ3) is 2.00. The zero-order valence-electron chi connectivity index (χ0n) is 8.36. The van der Waals surface area contributed by atoms with Gasteiger partial charge in [0, 0.05) is 12.1 Å². The zero-order chi connectivity index (χ0) is 9.80. The molecule has 1 saturated carbocycles. The second-order valence-electron chi connectivity index (χ2n) is 3.96. The molecule has 0 bridgehead atoms. The molecule has 0 N–H and O–H groups in total. The van der Waals surface area contributed by atoms with Crippen LogP contribution in [0.2, 0.25) is 0 Å². The molecule has 2 nitrogen and oxygen atoms in total. The second-order valence-corrected chi connectivity index (χ2v) is 3.96. The quantitative estimate of drug-likeness (QED) is 0.622. The third-order valence-corrected chi connectivity index (χ3v) is 2.92. The van der Waals surface area contributed by atoms with E-state index in [1.54, 1.807) is 4.57 Å². The van der Waals surface area contributed by atoms with Gasteiger partial charge in [0.15, 0.2) is 12.4 Å². The molecule has 0 aromatic carbocycles. The van der Waals surface area contributed by atoms with Gasteiger partial charge in [0.25, 0.3) is 0 Å². The van der Waals surface area contributed by atoms with E-state index < -0.39 is 0 Å². The number of carbonyl (C=O) groups is 1. The Hall–Kier alpha value is -1.18. The molecule has 1 fully saturated rings. The second kappa shape index (κ2) is 4.36. The molecule has 1 aliphatic carbocycles. The number of hydrogen-bond acceptors (Lipinski definition) is 1. The largest absolute Gasteiger partial charge is 0.395 e. The molecule has 1 aromatic rings. The Balaban J connectivity index is 2.07. The van der Waals surface area contributed by atoms with Crippen molar-refractivity contribution in [3.63, 3.8) is 0 Å². The normalized spacial score (nSPS) is 18.0. The van der Waals surface area contributed by atoms with Crippen molar-refractivity contribution in [1.29, 1.82) is 0 Å². The molecular weight excluding hydrogens is 174 g/mol. The van der Waals surface area contributed by atoms with Gasteiger partial charge in [0.05, 0.1) is 5.92 Å². The van der Waals surface area contributed by atoms with Crippen LogP contribution in [0.15, 0.2) is 30.6 Å². The summed E-state index contributed by atoms with van der Waals surface area (Å²) >= 11 is 0. The van der Waals surface area contributed by atoms with E-state index in [1.807, 2.05) is 30.6 Å². The van der Waals surface area contributed by atoms with Gasteiger partial charge >= 0.3 is 5.91 Å². The molecule has 0 radical (unpaired) electrons. The molecular formula is C12H16NO+. The number of aromatic nitrogens is 1. The third-order valence-electron chi connectivity index (χ3n) is 2.92. The molecule has 2 heteroatoms. The van der Waals surface area contributed by atoms with Crippen molar-refractivity contribution >= 4 is 5.91 Å². The summed E-state index contributed by atoms with van der Waals surface area (Å²) in [6, 6.07) is 5.74. The molecule has 0 saturated heterocycles. The summed E-state index contributed by atoms with van der Waals surface area (Å²) in [7, 11) is 0. The van der Waals surface area contributed by atoms with Crippen molar-refractivity contribution in [2.24, 2.45) is 5.92 Å². The molecule has 0 atom stereocenters. The molecule has 0 aliphatic heterocycles. The Labute approximate surface area is 84.6 Å². The lowest BCUT2D eigenvalue weighted by atomic mass is 9.88. The molecule has 14 heavy (non-hydrogen) atoms. The zero-order valence-corrected chi connectivity index (χ0v) is 8.36. The molecule has 74 valence electrons. The first-order chi connectivity index (χ1) is 6.88. The van der Waals surface area contributed by atoms with Gasteiger partial charge in [-0.05, 0) is 12.8 Å². The van der Waals surface area contributed by atoms with Gasteiger partial charge in [-0.15, -0.1) is 4.57 Å². The topological polar surface area (TPSA) is 20.9 Å². The van der Waals surface area contributed by atoms with E-state index in [0.717, 1.165) is 12.8 Å². The van der Waals surface area contributed by atoms with Gasteiger partial charge < -0.3 is 0 Å². The molecule has 0 unspecified atom stereocenters. The first-order valence-electron chi connectivity index (χ1n) is 5.38. The van der Waals surface area contributed by atoms with Crippen molar-refractivity contribution in [3.8, 4) is 0 Å². The summed E-state index contributed by atoms with van der Waals surface area (Å²) in [5.41, 5.74) is 0. The van der Waals surface area contributed by atoms with Crippen LogP contribution in [-0.2, 0) is 0 Å². The van der Waals surface area contributed by atoms with Crippen LogP contribution in [0.1, 0.15) is 36.9 Å². The van der Waals surface area contributed by atoms with E-state index in [2.05, 4.69) is 0 Å². The number of nitrogens with zero attached hydrogens (tertiary/aromatic N) is 1. The van der Waals surface area contributed by atoms with Crippen LogP contribution in [0.25, 0.3) is 0 Å². The molecule has 1 heterocycles. The van der Waals surface area contributed by atoms with Crippen molar-refractivity contribution in [2.45, 2.75) is 32.1 Å². The summed E-state index contributed by atoms with van der Waals surface area (Å²) < 4.78 is 1.72. The van der Waals surface area contributed by atoms with E-state index in [4.69, 9.17) is 0 Å². The fourth-order valence-corrected chi connectivity index (χ4v) is 2.11. The van der Waals surface area contributed by atoms with Gasteiger partial charge in [-0.1, -0.05) is 25.3 Å². The lowest BCUT2D eigenvalue weighted by molar-refractivity contribution is -0.577. The Morgan fingerprint density at radius 1 is 1.00 bits per heavy atom. The number of carbonyl (C=O) groups excluding carboxylic acids is 1. The van der Waals surface area contributed by atoms with E-state index in [1.165, 1.54) is 19.3 Å². The Morgan fingerprint density at radius 3 is 2.29 bits per heavy atom. The van der Waals surface area contributed by atoms with E-state index in [9.17, 15) is 4.79 Å². The lowest BCUT2D eigenvalue weighted by Gasteiger charge is -2.16. The van der Waals surface area contributed by atoms with Crippen LogP contribution in [0, 0.1) is 5.92 Å². The summed E-state index contributed by atoms with van der Waals surface area (Å²) in [6.07, 6.45) is 9.55. The first kappa shape index (κ1) is 9.38. The van der Waals surface area contributed by atoms with Crippen molar-refractivity contribution in [3.05, 3.63) is 30.6 Å². The van der Waals surface area contributed by atoms with E-state index >= 15 is 0 Å². The average Bonchev–Trinajstić information content (AvgIpc) is 2.30. The number of hydrogen-bond donors (Lipinski definition) is 0. The smallest absolute Gasteiger partial charge is 0.219 e. The minimum Gasteiger partial charge on any atom is -0.219 e. The van der Waals surface area contributed by atoms with Crippen LogP contribution >= 0.6 is 0 Å². The summed E-state index contributed by atoms with van der Waals surface area (Å²) in [6.45, 7) is 0. The maximum Gasteiger partial charge on any atom is 0.395 e. The SMILES string of the molecule is O=C(C1CCCCC1)[n+]1ccccc1. The predicted molar refractivity (Wildman–Crippen MR) is 53.8 cm³/mol. The maximum absolute atomic E-state index is 12.0. The van der Waals surface area contributed by atoms with Gasteiger partial charge in [-0.2, -0.15) is 0 Å². The lowest BCUT2D eigenvalue weighted by Crippen LogP contribution is -2.46. The molecule has 1 aromatic heterocycles. The van der Waals surface area contributed by atoms with Gasteiger partial charge in [0.2, 0.25) is 0 Å². The summed E-state index contributed by atoms with van der Waals surface area (Å²) in [5.74, 6) is 0.529. The Bertz CT molecular complexity index is 301. The number of rotatable bonds is 1. The Morgan fingerprint density at radius 2 is 1.64 bits per heavy atom. The summed E-state index contributed by atoms with van der Waals surface area (Å²) in [5, 5.41) is 0. The van der Waals surface area contributed by atoms with Crippen LogP contribution in [0.3, 0.4) is 0 Å². The van der Waals surface area contributed by atoms with Crippen molar-refractivity contribution in [1.82, 2.24) is 0 Å². The maximum atomic E-state index is 12.0.